The molecule has 1 fully saturated rings. The van der Waals surface area contributed by atoms with Crippen molar-refractivity contribution in [3.63, 3.8) is 0 Å². The molecular formula is C19H26N4O3. The lowest BCUT2D eigenvalue weighted by Gasteiger charge is -2.35. The molecule has 26 heavy (non-hydrogen) atoms. The summed E-state index contributed by atoms with van der Waals surface area (Å²) < 4.78 is 10.6. The van der Waals surface area contributed by atoms with E-state index in [1.807, 2.05) is 36.1 Å². The molecule has 1 aliphatic heterocycles. The number of piperazine rings is 1. The van der Waals surface area contributed by atoms with Gasteiger partial charge in [-0.05, 0) is 30.7 Å². The van der Waals surface area contributed by atoms with E-state index in [4.69, 9.17) is 9.26 Å². The smallest absolute Gasteiger partial charge is 0.241 e. The molecule has 3 rings (SSSR count). The summed E-state index contributed by atoms with van der Waals surface area (Å²) >= 11 is 0. The van der Waals surface area contributed by atoms with E-state index in [-0.39, 0.29) is 11.8 Å². The SMILES string of the molecule is CCC(C)C(=O)N1CCN(Cc2nc(-c3ccc(OC)cc3)no2)CC1. The number of hydrogen-bond donors (Lipinski definition) is 0. The molecule has 2 heterocycles. The van der Waals surface area contributed by atoms with Gasteiger partial charge in [0, 0.05) is 37.7 Å². The summed E-state index contributed by atoms with van der Waals surface area (Å²) in [6.45, 7) is 7.80. The lowest BCUT2D eigenvalue weighted by Crippen LogP contribution is -2.49. The molecule has 1 aromatic carbocycles. The van der Waals surface area contributed by atoms with Crippen molar-refractivity contribution >= 4 is 5.91 Å². The highest BCUT2D eigenvalue weighted by Crippen LogP contribution is 2.20. The first-order valence-corrected chi connectivity index (χ1v) is 9.09. The summed E-state index contributed by atoms with van der Waals surface area (Å²) in [5, 5.41) is 4.07. The summed E-state index contributed by atoms with van der Waals surface area (Å²) in [6.07, 6.45) is 0.884. The Morgan fingerprint density at radius 1 is 1.23 bits per heavy atom. The standard InChI is InChI=1S/C19H26N4O3/c1-4-14(2)19(24)23-11-9-22(10-12-23)13-17-20-18(21-26-17)15-5-7-16(25-3)8-6-15/h5-8,14H,4,9-13H2,1-3H3. The molecule has 7 heteroatoms. The second-order valence-electron chi connectivity index (χ2n) is 6.65. The number of carbonyl (C=O) groups excluding carboxylic acids is 1. The van der Waals surface area contributed by atoms with Crippen LogP contribution in [0.4, 0.5) is 0 Å². The van der Waals surface area contributed by atoms with Crippen LogP contribution < -0.4 is 4.74 Å². The van der Waals surface area contributed by atoms with Gasteiger partial charge in [-0.1, -0.05) is 19.0 Å². The summed E-state index contributed by atoms with van der Waals surface area (Å²) in [4.78, 5) is 20.9. The summed E-state index contributed by atoms with van der Waals surface area (Å²) in [5.74, 6) is 2.32. The minimum atomic E-state index is 0.101. The largest absolute Gasteiger partial charge is 0.497 e. The normalized spacial score (nSPS) is 16.5. The van der Waals surface area contributed by atoms with Crippen LogP contribution in [0.25, 0.3) is 11.4 Å². The predicted octanol–water partition coefficient (Wildman–Crippen LogP) is 2.44. The monoisotopic (exact) mass is 358 g/mol. The Morgan fingerprint density at radius 2 is 1.92 bits per heavy atom. The molecule has 1 aromatic heterocycles. The predicted molar refractivity (Wildman–Crippen MR) is 97.6 cm³/mol. The van der Waals surface area contributed by atoms with E-state index in [2.05, 4.69) is 22.0 Å². The van der Waals surface area contributed by atoms with Crippen molar-refractivity contribution in [3.8, 4) is 17.1 Å². The molecule has 140 valence electrons. The highest BCUT2D eigenvalue weighted by molar-refractivity contribution is 5.78. The first-order chi connectivity index (χ1) is 12.6. The Kier molecular flexibility index (Phi) is 5.88. The van der Waals surface area contributed by atoms with Gasteiger partial charge in [0.25, 0.3) is 0 Å². The Bertz CT molecular complexity index is 721. The van der Waals surface area contributed by atoms with Gasteiger partial charge in [-0.15, -0.1) is 0 Å². The van der Waals surface area contributed by atoms with Gasteiger partial charge in [0.05, 0.1) is 13.7 Å². The number of aromatic nitrogens is 2. The summed E-state index contributed by atoms with van der Waals surface area (Å²) in [5.41, 5.74) is 0.893. The average Bonchev–Trinajstić information content (AvgIpc) is 3.16. The van der Waals surface area contributed by atoms with Crippen LogP contribution in [0.3, 0.4) is 0 Å². The minimum absolute atomic E-state index is 0.101. The molecule has 1 atom stereocenters. The molecule has 0 radical (unpaired) electrons. The van der Waals surface area contributed by atoms with E-state index in [1.54, 1.807) is 7.11 Å². The Labute approximate surface area is 153 Å². The van der Waals surface area contributed by atoms with Crippen molar-refractivity contribution in [2.24, 2.45) is 5.92 Å². The molecule has 0 N–H and O–H groups in total. The minimum Gasteiger partial charge on any atom is -0.497 e. The Balaban J connectivity index is 1.54. The second kappa shape index (κ2) is 8.31. The van der Waals surface area contributed by atoms with Crippen molar-refractivity contribution in [2.45, 2.75) is 26.8 Å². The van der Waals surface area contributed by atoms with E-state index in [9.17, 15) is 4.79 Å². The van der Waals surface area contributed by atoms with Crippen LogP contribution in [0.5, 0.6) is 5.75 Å². The van der Waals surface area contributed by atoms with E-state index >= 15 is 0 Å². The van der Waals surface area contributed by atoms with Crippen molar-refractivity contribution in [1.82, 2.24) is 19.9 Å². The molecule has 1 amide bonds. The zero-order valence-corrected chi connectivity index (χ0v) is 15.6. The molecule has 7 nitrogen and oxygen atoms in total. The molecule has 0 saturated carbocycles. The fraction of sp³-hybridized carbons (Fsp3) is 0.526. The van der Waals surface area contributed by atoms with Gasteiger partial charge in [-0.3, -0.25) is 9.69 Å². The van der Waals surface area contributed by atoms with E-state index in [1.165, 1.54) is 0 Å². The van der Waals surface area contributed by atoms with Crippen LogP contribution in [0.2, 0.25) is 0 Å². The Morgan fingerprint density at radius 3 is 2.54 bits per heavy atom. The maximum absolute atomic E-state index is 12.3. The number of rotatable bonds is 6. The number of methoxy groups -OCH3 is 1. The molecule has 0 spiro atoms. The average molecular weight is 358 g/mol. The van der Waals surface area contributed by atoms with Crippen molar-refractivity contribution in [2.75, 3.05) is 33.3 Å². The van der Waals surface area contributed by atoms with E-state index in [0.717, 1.165) is 43.9 Å². The third-order valence-electron chi connectivity index (χ3n) is 4.89. The number of amides is 1. The van der Waals surface area contributed by atoms with Gasteiger partial charge in [0.15, 0.2) is 0 Å². The molecule has 1 aliphatic rings. The molecule has 0 bridgehead atoms. The highest BCUT2D eigenvalue weighted by atomic mass is 16.5. The van der Waals surface area contributed by atoms with Gasteiger partial charge in [0.2, 0.25) is 17.6 Å². The van der Waals surface area contributed by atoms with Crippen LogP contribution >= 0.6 is 0 Å². The van der Waals surface area contributed by atoms with E-state index in [0.29, 0.717) is 18.3 Å². The quantitative estimate of drug-likeness (QED) is 0.790. The number of ether oxygens (including phenoxy) is 1. The Hall–Kier alpha value is -2.41. The van der Waals surface area contributed by atoms with Crippen LogP contribution in [0.1, 0.15) is 26.2 Å². The van der Waals surface area contributed by atoms with E-state index < -0.39 is 0 Å². The van der Waals surface area contributed by atoms with Gasteiger partial charge in [0.1, 0.15) is 5.75 Å². The fourth-order valence-corrected chi connectivity index (χ4v) is 2.98. The van der Waals surface area contributed by atoms with Gasteiger partial charge in [-0.2, -0.15) is 4.98 Å². The van der Waals surface area contributed by atoms with Crippen LogP contribution in [0, 0.1) is 5.92 Å². The second-order valence-corrected chi connectivity index (χ2v) is 6.65. The van der Waals surface area contributed by atoms with Gasteiger partial charge in [-0.25, -0.2) is 0 Å². The molecule has 0 aliphatic carbocycles. The molecule has 2 aromatic rings. The topological polar surface area (TPSA) is 71.7 Å². The third-order valence-corrected chi connectivity index (χ3v) is 4.89. The van der Waals surface area contributed by atoms with Crippen LogP contribution in [-0.4, -0.2) is 59.1 Å². The molecule has 1 saturated heterocycles. The maximum Gasteiger partial charge on any atom is 0.241 e. The van der Waals surface area contributed by atoms with Crippen molar-refractivity contribution in [3.05, 3.63) is 30.2 Å². The lowest BCUT2D eigenvalue weighted by atomic mass is 10.1. The van der Waals surface area contributed by atoms with Gasteiger partial charge >= 0.3 is 0 Å². The first kappa shape index (κ1) is 18.4. The number of hydrogen-bond acceptors (Lipinski definition) is 6. The maximum atomic E-state index is 12.3. The van der Waals surface area contributed by atoms with Crippen molar-refractivity contribution in [1.29, 1.82) is 0 Å². The number of benzene rings is 1. The van der Waals surface area contributed by atoms with Crippen LogP contribution in [-0.2, 0) is 11.3 Å². The summed E-state index contributed by atoms with van der Waals surface area (Å²) in [6, 6.07) is 7.57. The number of nitrogens with zero attached hydrogens (tertiary/aromatic N) is 4. The zero-order valence-electron chi connectivity index (χ0n) is 15.6. The fourth-order valence-electron chi connectivity index (χ4n) is 2.98. The molecular weight excluding hydrogens is 332 g/mol. The third kappa shape index (κ3) is 4.22. The molecule has 1 unspecified atom stereocenters. The summed E-state index contributed by atoms with van der Waals surface area (Å²) in [7, 11) is 1.64. The highest BCUT2D eigenvalue weighted by Gasteiger charge is 2.25. The first-order valence-electron chi connectivity index (χ1n) is 9.09. The zero-order chi connectivity index (χ0) is 18.5. The lowest BCUT2D eigenvalue weighted by molar-refractivity contribution is -0.136. The van der Waals surface area contributed by atoms with Gasteiger partial charge < -0.3 is 14.2 Å². The number of carbonyl (C=O) groups is 1. The van der Waals surface area contributed by atoms with Crippen molar-refractivity contribution < 1.29 is 14.1 Å². The van der Waals surface area contributed by atoms with Crippen LogP contribution in [0.15, 0.2) is 28.8 Å².